The highest BCUT2D eigenvalue weighted by molar-refractivity contribution is 6.61. The monoisotopic (exact) mass is 329 g/mol. The Kier molecular flexibility index (Phi) is 4.10. The van der Waals surface area contributed by atoms with Crippen molar-refractivity contribution in [1.29, 1.82) is 0 Å². The molecular weight excluding hydrogens is 313 g/mol. The molecule has 0 bridgehead atoms. The van der Waals surface area contributed by atoms with Crippen LogP contribution in [-0.4, -0.2) is 18.9 Å². The molecular formula is C16H16BNO6. The van der Waals surface area contributed by atoms with Crippen LogP contribution >= 0.6 is 0 Å². The van der Waals surface area contributed by atoms with Gasteiger partial charge in [0.15, 0.2) is 0 Å². The van der Waals surface area contributed by atoms with Gasteiger partial charge in [-0.15, -0.1) is 0 Å². The summed E-state index contributed by atoms with van der Waals surface area (Å²) < 4.78 is 21.4. The van der Waals surface area contributed by atoms with E-state index in [1.165, 1.54) is 0 Å². The van der Waals surface area contributed by atoms with Gasteiger partial charge in [-0.05, 0) is 11.1 Å². The van der Waals surface area contributed by atoms with E-state index in [2.05, 4.69) is 0 Å². The van der Waals surface area contributed by atoms with Gasteiger partial charge in [-0.25, -0.2) is 0 Å². The minimum atomic E-state index is -2.87. The van der Waals surface area contributed by atoms with Crippen molar-refractivity contribution < 1.29 is 28.2 Å². The second-order valence-electron chi connectivity index (χ2n) is 5.30. The Morgan fingerprint density at radius 2 is 1.04 bits per heavy atom. The number of carbonyl (C=O) groups excluding carboxylic acids is 2. The number of carbonyl (C=O) groups is 2. The number of rotatable bonds is 2. The average Bonchev–Trinajstić information content (AvgIpc) is 3.07. The van der Waals surface area contributed by atoms with E-state index in [0.29, 0.717) is 11.1 Å². The predicted molar refractivity (Wildman–Crippen MR) is 84.5 cm³/mol. The number of benzene rings is 2. The molecule has 124 valence electrons. The molecule has 0 radical (unpaired) electrons. The van der Waals surface area contributed by atoms with Gasteiger partial charge < -0.3 is 24.8 Å². The molecule has 2 fully saturated rings. The Morgan fingerprint density at radius 1 is 0.667 bits per heavy atom. The van der Waals surface area contributed by atoms with Crippen LogP contribution in [0.2, 0.25) is 0 Å². The van der Waals surface area contributed by atoms with Crippen LogP contribution in [0, 0.1) is 0 Å². The van der Waals surface area contributed by atoms with Gasteiger partial charge in [-0.2, -0.15) is 0 Å². The van der Waals surface area contributed by atoms with Gasteiger partial charge in [0.05, 0.1) is 0 Å². The van der Waals surface area contributed by atoms with Crippen molar-refractivity contribution in [2.24, 2.45) is 0 Å². The van der Waals surface area contributed by atoms with Crippen LogP contribution in [0.15, 0.2) is 60.7 Å². The van der Waals surface area contributed by atoms with E-state index in [0.717, 1.165) is 0 Å². The average molecular weight is 329 g/mol. The highest BCUT2D eigenvalue weighted by atomic mass is 16.9. The molecule has 0 aliphatic carbocycles. The highest BCUT2D eigenvalue weighted by Crippen LogP contribution is 2.41. The maximum Gasteiger partial charge on any atom is 0.657 e. The van der Waals surface area contributed by atoms with Crippen molar-refractivity contribution in [3.05, 3.63) is 71.8 Å². The van der Waals surface area contributed by atoms with Crippen molar-refractivity contribution in [2.45, 2.75) is 12.2 Å². The molecule has 2 atom stereocenters. The summed E-state index contributed by atoms with van der Waals surface area (Å²) in [6, 6.07) is 17.7. The molecule has 24 heavy (non-hydrogen) atoms. The van der Waals surface area contributed by atoms with E-state index in [9.17, 15) is 9.59 Å². The largest absolute Gasteiger partial charge is 0.657 e. The first-order valence-electron chi connectivity index (χ1n) is 7.21. The Labute approximate surface area is 138 Å². The molecule has 2 heterocycles. The van der Waals surface area contributed by atoms with Gasteiger partial charge in [-0.1, -0.05) is 60.7 Å². The summed E-state index contributed by atoms with van der Waals surface area (Å²) in [5, 5.41) is 0. The summed E-state index contributed by atoms with van der Waals surface area (Å²) >= 11 is 0. The molecule has 2 aliphatic heterocycles. The van der Waals surface area contributed by atoms with Crippen LogP contribution < -0.4 is 6.15 Å². The molecule has 4 rings (SSSR count). The van der Waals surface area contributed by atoms with Crippen molar-refractivity contribution in [1.82, 2.24) is 6.15 Å². The lowest BCUT2D eigenvalue weighted by Crippen LogP contribution is -2.39. The van der Waals surface area contributed by atoms with Gasteiger partial charge in [-0.3, -0.25) is 9.59 Å². The van der Waals surface area contributed by atoms with E-state index in [-0.39, 0.29) is 6.15 Å². The van der Waals surface area contributed by atoms with Crippen molar-refractivity contribution in [3.63, 3.8) is 0 Å². The fraction of sp³-hybridized carbons (Fsp3) is 0.125. The molecule has 1 spiro atoms. The summed E-state index contributed by atoms with van der Waals surface area (Å²) in [6.07, 6.45) is -1.95. The van der Waals surface area contributed by atoms with E-state index < -0.39 is 31.1 Å². The van der Waals surface area contributed by atoms with E-state index in [4.69, 9.17) is 18.6 Å². The van der Waals surface area contributed by atoms with E-state index in [1.807, 2.05) is 12.1 Å². The summed E-state index contributed by atoms with van der Waals surface area (Å²) in [5.74, 6) is -1.28. The fourth-order valence-electron chi connectivity index (χ4n) is 2.70. The molecule has 2 aromatic rings. The maximum atomic E-state index is 12.1. The third-order valence-electron chi connectivity index (χ3n) is 3.76. The zero-order valence-electron chi connectivity index (χ0n) is 13.0. The lowest BCUT2D eigenvalue weighted by Gasteiger charge is -2.26. The number of hydrogen-bond donors (Lipinski definition) is 1. The van der Waals surface area contributed by atoms with Crippen LogP contribution in [0.4, 0.5) is 0 Å². The maximum absolute atomic E-state index is 12.1. The Bertz CT molecular complexity index is 688. The van der Waals surface area contributed by atoms with Crippen LogP contribution in [0.5, 0.6) is 0 Å². The Morgan fingerprint density at radius 3 is 1.42 bits per heavy atom. The molecule has 4 N–H and O–H groups in total. The van der Waals surface area contributed by atoms with Gasteiger partial charge in [0.1, 0.15) is 12.2 Å². The smallest absolute Gasteiger partial charge is 0.606 e. The quantitative estimate of drug-likeness (QED) is 0.848. The van der Waals surface area contributed by atoms with Crippen LogP contribution in [0.1, 0.15) is 23.3 Å². The first kappa shape index (κ1) is 16.2. The molecule has 2 aliphatic rings. The van der Waals surface area contributed by atoms with Gasteiger partial charge in [0.2, 0.25) is 0 Å². The lowest BCUT2D eigenvalue weighted by molar-refractivity contribution is -0.138. The first-order chi connectivity index (χ1) is 11.2. The second-order valence-corrected chi connectivity index (χ2v) is 5.30. The standard InChI is InChI=1S/C16H12BO6.H3N/c18-15-13(11-7-3-1-4-8-11)20-17(22-15)21-14(16(19)23-17)12-9-5-2-6-10-12;/h1-10,13-14H;1H3/q-1;/p+1/t13-,14-,17?;/m1./s1. The molecule has 2 aromatic carbocycles. The summed E-state index contributed by atoms with van der Waals surface area (Å²) in [4.78, 5) is 24.2. The molecule has 0 unspecified atom stereocenters. The molecule has 2 saturated heterocycles. The van der Waals surface area contributed by atoms with Gasteiger partial charge in [0, 0.05) is 0 Å². The zero-order chi connectivity index (χ0) is 15.9. The lowest BCUT2D eigenvalue weighted by atomic mass is 10.1. The predicted octanol–water partition coefficient (Wildman–Crippen LogP) is 2.43. The third-order valence-corrected chi connectivity index (χ3v) is 3.76. The molecule has 0 amide bonds. The van der Waals surface area contributed by atoms with Crippen LogP contribution in [-0.2, 0) is 28.2 Å². The minimum absolute atomic E-state index is 0. The summed E-state index contributed by atoms with van der Waals surface area (Å²) in [5.41, 5.74) is 1.22. The van der Waals surface area contributed by atoms with Crippen LogP contribution in [0.3, 0.4) is 0 Å². The number of hydrogen-bond acceptors (Lipinski definition) is 6. The van der Waals surface area contributed by atoms with Crippen molar-refractivity contribution in [3.8, 4) is 0 Å². The topological polar surface area (TPSA) is 108 Å². The van der Waals surface area contributed by atoms with Crippen molar-refractivity contribution >= 4 is 18.9 Å². The Balaban J connectivity index is 0.00000169. The fourth-order valence-corrected chi connectivity index (χ4v) is 2.70. The van der Waals surface area contributed by atoms with E-state index >= 15 is 0 Å². The summed E-state index contributed by atoms with van der Waals surface area (Å²) in [7, 11) is 0. The van der Waals surface area contributed by atoms with Gasteiger partial charge >= 0.3 is 6.96 Å². The molecule has 7 nitrogen and oxygen atoms in total. The molecule has 0 aromatic heterocycles. The van der Waals surface area contributed by atoms with Gasteiger partial charge in [0.25, 0.3) is 11.9 Å². The highest BCUT2D eigenvalue weighted by Gasteiger charge is 2.57. The van der Waals surface area contributed by atoms with E-state index in [1.54, 1.807) is 48.5 Å². The third kappa shape index (κ3) is 2.67. The normalized spacial score (nSPS) is 24.3. The first-order valence-corrected chi connectivity index (χ1v) is 7.21. The van der Waals surface area contributed by atoms with Crippen LogP contribution in [0.25, 0.3) is 0 Å². The zero-order valence-corrected chi connectivity index (χ0v) is 13.0. The SMILES string of the molecule is O=C1O[B-]2(OC(=O)[C@@H](c3ccccc3)O2)O[C@@H]1c1ccccc1.[NH4+]. The second kappa shape index (κ2) is 6.08. The van der Waals surface area contributed by atoms with Crippen molar-refractivity contribution in [2.75, 3.05) is 0 Å². The minimum Gasteiger partial charge on any atom is -0.606 e. The number of quaternary nitrogens is 1. The molecule has 8 heteroatoms. The Hall–Kier alpha value is -2.68. The summed E-state index contributed by atoms with van der Waals surface area (Å²) in [6.45, 7) is -2.87. The molecule has 0 saturated carbocycles.